The van der Waals surface area contributed by atoms with Crippen LogP contribution in [0.2, 0.25) is 0 Å². The highest BCUT2D eigenvalue weighted by Crippen LogP contribution is 2.70. The number of hydrogen-bond donors (Lipinski definition) is 2. The molecule has 4 bridgehead atoms. The Balaban J connectivity index is 1.62. The minimum atomic E-state index is -2.87. The predicted octanol–water partition coefficient (Wildman–Crippen LogP) is 3.44. The summed E-state index contributed by atoms with van der Waals surface area (Å²) in [5.41, 5.74) is -10.5. The van der Waals surface area contributed by atoms with Crippen LogP contribution in [0.4, 0.5) is 0 Å². The number of carbonyl (C=O) groups is 7. The van der Waals surface area contributed by atoms with Gasteiger partial charge in [-0.05, 0) is 50.2 Å². The molecule has 65 heavy (non-hydrogen) atoms. The van der Waals surface area contributed by atoms with E-state index in [1.165, 1.54) is 75.5 Å². The summed E-state index contributed by atoms with van der Waals surface area (Å²) in [4.78, 5) is 102. The van der Waals surface area contributed by atoms with Gasteiger partial charge in [0.2, 0.25) is 0 Å². The van der Waals surface area contributed by atoms with Crippen LogP contribution in [-0.2, 0) is 57.1 Å². The molecule has 1 spiro atoms. The first-order valence-corrected chi connectivity index (χ1v) is 21.2. The molecule has 3 fully saturated rings. The number of carbonyl (C=O) groups excluding carboxylic acids is 7. The molecule has 18 heteroatoms. The Kier molecular flexibility index (Phi) is 12.7. The molecule has 346 valence electrons. The maximum Gasteiger partial charge on any atom is 0.340 e. The third-order valence-electron chi connectivity index (χ3n) is 13.3. The highest BCUT2D eigenvalue weighted by Gasteiger charge is 2.91. The topological polar surface area (TPSA) is 247 Å². The van der Waals surface area contributed by atoms with Gasteiger partial charge in [0, 0.05) is 32.4 Å². The van der Waals surface area contributed by atoms with Crippen LogP contribution >= 0.6 is 0 Å². The van der Waals surface area contributed by atoms with Crippen molar-refractivity contribution in [2.45, 2.75) is 114 Å². The maximum atomic E-state index is 14.5. The molecule has 2 saturated carbocycles. The van der Waals surface area contributed by atoms with Crippen LogP contribution in [-0.4, -0.2) is 124 Å². The van der Waals surface area contributed by atoms with E-state index in [1.807, 2.05) is 0 Å². The molecular formula is C47H51NO17. The molecule has 3 heterocycles. The summed E-state index contributed by atoms with van der Waals surface area (Å²) < 4.78 is 50.2. The van der Waals surface area contributed by atoms with Gasteiger partial charge in [0.05, 0.1) is 34.2 Å². The van der Waals surface area contributed by atoms with Gasteiger partial charge < -0.3 is 48.1 Å². The molecule has 2 aromatic carbocycles. The second-order valence-electron chi connectivity index (χ2n) is 17.3. The summed E-state index contributed by atoms with van der Waals surface area (Å²) in [5.74, 6) is -10.7. The van der Waals surface area contributed by atoms with E-state index in [2.05, 4.69) is 4.98 Å². The van der Waals surface area contributed by atoms with Crippen molar-refractivity contribution in [1.82, 2.24) is 4.98 Å². The summed E-state index contributed by atoms with van der Waals surface area (Å²) in [6.45, 7) is 7.24. The summed E-state index contributed by atoms with van der Waals surface area (Å²) in [7, 11) is 0. The zero-order valence-electron chi connectivity index (χ0n) is 36.8. The van der Waals surface area contributed by atoms with Crippen LogP contribution in [0.1, 0.15) is 97.6 Å². The number of pyridine rings is 1. The average molecular weight is 902 g/mol. The number of aliphatic hydroxyl groups is 2. The number of aliphatic hydroxyl groups excluding tert-OH is 1. The number of nitrogens with zero attached hydrogens (tertiary/aromatic N) is 1. The first kappa shape index (κ1) is 46.7. The third kappa shape index (κ3) is 7.70. The van der Waals surface area contributed by atoms with Crippen LogP contribution in [0.3, 0.4) is 0 Å². The van der Waals surface area contributed by atoms with Gasteiger partial charge in [0.15, 0.2) is 17.8 Å². The number of rotatable bonds is 9. The van der Waals surface area contributed by atoms with Crippen molar-refractivity contribution in [1.29, 1.82) is 0 Å². The first-order valence-electron chi connectivity index (χ1n) is 21.2. The standard InChI is InChI=1S/C47H51NO17/c1-8-31(51)61-35-32-36(62-41(54)28-16-11-9-12-17-28)47-45(7,57)37(63-40(53)25(3)24(2)33-30(20-15-21-48-33)43(56)59-22-44(32,6)65-47)34(52)38(64-42(55)29-18-13-10-14-19-29)46(47,23-58-26(4)49)39(35)60-27(5)50/h9-21,24-25,32,34-39,52,57H,8,22-23H2,1-7H3. The van der Waals surface area contributed by atoms with Gasteiger partial charge in [-0.1, -0.05) is 57.2 Å². The van der Waals surface area contributed by atoms with Crippen molar-refractivity contribution >= 4 is 41.8 Å². The molecule has 4 aliphatic rings. The van der Waals surface area contributed by atoms with E-state index < -0.39 is 132 Å². The predicted molar refractivity (Wildman–Crippen MR) is 220 cm³/mol. The second kappa shape index (κ2) is 17.6. The number of esters is 7. The molecule has 3 aromatic rings. The van der Waals surface area contributed by atoms with Crippen LogP contribution in [0, 0.1) is 17.3 Å². The second-order valence-corrected chi connectivity index (χ2v) is 17.3. The van der Waals surface area contributed by atoms with Crippen molar-refractivity contribution < 1.29 is 81.7 Å². The fourth-order valence-electron chi connectivity index (χ4n) is 10.2. The minimum Gasteiger partial charge on any atom is -0.465 e. The van der Waals surface area contributed by atoms with Crippen LogP contribution in [0.25, 0.3) is 0 Å². The smallest absolute Gasteiger partial charge is 0.340 e. The molecule has 0 radical (unpaired) electrons. The molecule has 1 saturated heterocycles. The maximum absolute atomic E-state index is 14.5. The Morgan fingerprint density at radius 2 is 1.38 bits per heavy atom. The third-order valence-corrected chi connectivity index (χ3v) is 13.3. The Morgan fingerprint density at radius 1 is 0.785 bits per heavy atom. The summed E-state index contributed by atoms with van der Waals surface area (Å²) in [6, 6.07) is 18.0. The monoisotopic (exact) mass is 901 g/mol. The highest BCUT2D eigenvalue weighted by atomic mass is 16.7. The number of fused-ring (bicyclic) bond motifs is 5. The zero-order chi connectivity index (χ0) is 47.2. The SMILES string of the molecule is CCC(=O)OC1C2C(OC(=O)c3ccccc3)C34OC2(C)COC(=O)c2cccnc2C(C)C(C)C(=O)OC(C(O)C(OC(=O)c2ccccc2)C3(COC(C)=O)C1OC(C)=O)C4(C)O. The molecule has 1 aromatic heterocycles. The summed E-state index contributed by atoms with van der Waals surface area (Å²) in [5, 5.41) is 26.5. The van der Waals surface area contributed by atoms with Gasteiger partial charge in [0.1, 0.15) is 54.2 Å². The van der Waals surface area contributed by atoms with E-state index in [1.54, 1.807) is 31.2 Å². The minimum absolute atomic E-state index is 0.0189. The Bertz CT molecular complexity index is 2360. The average Bonchev–Trinajstić information content (AvgIpc) is 3.51. The number of ether oxygens (including phenoxy) is 8. The van der Waals surface area contributed by atoms with Crippen LogP contribution < -0.4 is 0 Å². The molecule has 0 amide bonds. The van der Waals surface area contributed by atoms with E-state index in [-0.39, 0.29) is 28.8 Å². The van der Waals surface area contributed by atoms with Crippen molar-refractivity contribution in [3.8, 4) is 0 Å². The quantitative estimate of drug-likeness (QED) is 0.231. The van der Waals surface area contributed by atoms with Gasteiger partial charge in [0.25, 0.3) is 0 Å². The first-order chi connectivity index (χ1) is 30.7. The van der Waals surface area contributed by atoms with E-state index in [0.29, 0.717) is 0 Å². The summed E-state index contributed by atoms with van der Waals surface area (Å²) >= 11 is 0. The highest BCUT2D eigenvalue weighted by molar-refractivity contribution is 5.92. The molecule has 2 aliphatic heterocycles. The van der Waals surface area contributed by atoms with Crippen molar-refractivity contribution in [2.24, 2.45) is 17.3 Å². The Labute approximate surface area is 373 Å². The molecule has 2 aliphatic carbocycles. The lowest BCUT2D eigenvalue weighted by atomic mass is 9.45. The molecule has 2 N–H and O–H groups in total. The van der Waals surface area contributed by atoms with Crippen LogP contribution in [0.15, 0.2) is 79.0 Å². The van der Waals surface area contributed by atoms with Gasteiger partial charge in [-0.15, -0.1) is 0 Å². The lowest BCUT2D eigenvalue weighted by molar-refractivity contribution is -0.384. The van der Waals surface area contributed by atoms with Gasteiger partial charge in [-0.2, -0.15) is 0 Å². The van der Waals surface area contributed by atoms with E-state index in [0.717, 1.165) is 20.8 Å². The fourth-order valence-corrected chi connectivity index (χ4v) is 10.2. The largest absolute Gasteiger partial charge is 0.465 e. The normalized spacial score (nSPS) is 34.9. The fraction of sp³-hybridized carbons (Fsp3) is 0.489. The molecule has 13 atom stereocenters. The lowest BCUT2D eigenvalue weighted by Crippen LogP contribution is -2.89. The zero-order valence-corrected chi connectivity index (χ0v) is 36.8. The van der Waals surface area contributed by atoms with E-state index in [4.69, 9.17) is 37.9 Å². The number of hydrogen-bond acceptors (Lipinski definition) is 18. The van der Waals surface area contributed by atoms with Gasteiger partial charge in [-0.3, -0.25) is 24.2 Å². The van der Waals surface area contributed by atoms with E-state index in [9.17, 15) is 43.8 Å². The number of aromatic nitrogens is 1. The molecule has 7 rings (SSSR count). The lowest BCUT2D eigenvalue weighted by Gasteiger charge is -2.67. The summed E-state index contributed by atoms with van der Waals surface area (Å²) in [6.07, 6.45) is -11.5. The Morgan fingerprint density at radius 3 is 1.95 bits per heavy atom. The van der Waals surface area contributed by atoms with Crippen molar-refractivity contribution in [3.63, 3.8) is 0 Å². The molecule has 18 nitrogen and oxygen atoms in total. The van der Waals surface area contributed by atoms with Crippen LogP contribution in [0.5, 0.6) is 0 Å². The van der Waals surface area contributed by atoms with Crippen molar-refractivity contribution in [3.05, 3.63) is 101 Å². The van der Waals surface area contributed by atoms with Gasteiger partial charge >= 0.3 is 41.8 Å². The Hall–Kier alpha value is -6.24. The number of benzene rings is 2. The number of cyclic esters (lactones) is 1. The van der Waals surface area contributed by atoms with Gasteiger partial charge in [-0.25, -0.2) is 14.4 Å². The van der Waals surface area contributed by atoms with E-state index >= 15 is 0 Å². The molecular weight excluding hydrogens is 851 g/mol. The van der Waals surface area contributed by atoms with Crippen molar-refractivity contribution in [2.75, 3.05) is 13.2 Å². The molecule has 13 unspecified atom stereocenters.